The molecule has 0 N–H and O–H groups in total. The number of fused-ring (bicyclic) bond motifs is 4. The van der Waals surface area contributed by atoms with Crippen LogP contribution in [0.1, 0.15) is 24.0 Å². The van der Waals surface area contributed by atoms with Crippen LogP contribution in [0.5, 0.6) is 0 Å². The molecule has 2 aromatic rings. The fourth-order valence-corrected chi connectivity index (χ4v) is 4.98. The molecule has 2 aromatic carbocycles. The van der Waals surface area contributed by atoms with Crippen molar-refractivity contribution in [2.24, 2.45) is 0 Å². The van der Waals surface area contributed by atoms with Crippen LogP contribution in [0.4, 0.5) is 0 Å². The van der Waals surface area contributed by atoms with Crippen LogP contribution in [0.25, 0.3) is 0 Å². The Balaban J connectivity index is 1.93. The summed E-state index contributed by atoms with van der Waals surface area (Å²) in [4.78, 5) is 5.37. The normalized spacial score (nSPS) is 20.4. The largest absolute Gasteiger partial charge is 0.306 e. The van der Waals surface area contributed by atoms with Gasteiger partial charge >= 0.3 is 0 Å². The first-order valence-electron chi connectivity index (χ1n) is 7.35. The van der Waals surface area contributed by atoms with Gasteiger partial charge < -0.3 is 4.90 Å². The number of rotatable bonds is 0. The minimum absolute atomic E-state index is 0.241. The number of benzene rings is 2. The van der Waals surface area contributed by atoms with E-state index >= 15 is 0 Å². The molecule has 2 heterocycles. The second-order valence-electron chi connectivity index (χ2n) is 5.98. The molecule has 0 atom stereocenters. The lowest BCUT2D eigenvalue weighted by Gasteiger charge is -2.45. The maximum absolute atomic E-state index is 2.46. The summed E-state index contributed by atoms with van der Waals surface area (Å²) in [7, 11) is 2.24. The van der Waals surface area contributed by atoms with E-state index < -0.39 is 0 Å². The highest BCUT2D eigenvalue weighted by atomic mass is 32.2. The first-order valence-corrected chi connectivity index (χ1v) is 8.17. The number of hydrogen-bond donors (Lipinski definition) is 0. The molecule has 0 aliphatic carbocycles. The van der Waals surface area contributed by atoms with Gasteiger partial charge in [-0.15, -0.1) is 0 Å². The van der Waals surface area contributed by atoms with Crippen molar-refractivity contribution in [3.63, 3.8) is 0 Å². The summed E-state index contributed by atoms with van der Waals surface area (Å²) in [5.41, 5.74) is 3.35. The molecular formula is C18H19NS. The summed E-state index contributed by atoms with van der Waals surface area (Å²) in [6.07, 6.45) is 2.47. The Hall–Kier alpha value is -1.25. The quantitative estimate of drug-likeness (QED) is 0.713. The lowest BCUT2D eigenvalue weighted by molar-refractivity contribution is 0.208. The fourth-order valence-electron chi connectivity index (χ4n) is 3.70. The first kappa shape index (κ1) is 12.5. The molecule has 1 saturated heterocycles. The summed E-state index contributed by atoms with van der Waals surface area (Å²) in [5.74, 6) is 0. The van der Waals surface area contributed by atoms with Crippen molar-refractivity contribution in [2.75, 3.05) is 20.1 Å². The third-order valence-corrected chi connectivity index (χ3v) is 6.02. The minimum Gasteiger partial charge on any atom is -0.306 e. The van der Waals surface area contributed by atoms with Gasteiger partial charge in [-0.3, -0.25) is 0 Å². The summed E-state index contributed by atoms with van der Waals surface area (Å²) in [6, 6.07) is 18.0. The smallest absolute Gasteiger partial charge is 0.0249 e. The zero-order valence-corrected chi connectivity index (χ0v) is 12.6. The molecule has 2 aliphatic rings. The molecule has 20 heavy (non-hydrogen) atoms. The number of likely N-dealkylation sites (tertiary alicyclic amines) is 1. The van der Waals surface area contributed by atoms with E-state index in [1.807, 2.05) is 11.8 Å². The molecule has 2 heteroatoms. The van der Waals surface area contributed by atoms with E-state index in [1.165, 1.54) is 35.7 Å². The van der Waals surface area contributed by atoms with Crippen LogP contribution in [0.3, 0.4) is 0 Å². The molecule has 0 aromatic heterocycles. The van der Waals surface area contributed by atoms with Gasteiger partial charge in [-0.1, -0.05) is 48.2 Å². The maximum Gasteiger partial charge on any atom is 0.0249 e. The molecule has 102 valence electrons. The van der Waals surface area contributed by atoms with Gasteiger partial charge in [0.15, 0.2) is 0 Å². The summed E-state index contributed by atoms with van der Waals surface area (Å²) in [6.45, 7) is 2.38. The Labute approximate surface area is 125 Å². The standard InChI is InChI=1S/C18H19NS/c1-19-12-10-18(11-13-19)14-6-2-4-8-16(14)20-17-9-5-3-7-15(17)18/h2-9H,10-13H2,1H3. The Morgan fingerprint density at radius 3 is 1.90 bits per heavy atom. The van der Waals surface area contributed by atoms with E-state index in [1.54, 1.807) is 11.1 Å². The average Bonchev–Trinajstić information content (AvgIpc) is 2.50. The van der Waals surface area contributed by atoms with E-state index in [9.17, 15) is 0 Å². The van der Waals surface area contributed by atoms with Crippen molar-refractivity contribution >= 4 is 11.8 Å². The second-order valence-corrected chi connectivity index (χ2v) is 7.06. The molecular weight excluding hydrogens is 262 g/mol. The van der Waals surface area contributed by atoms with Crippen LogP contribution >= 0.6 is 11.8 Å². The number of hydrogen-bond acceptors (Lipinski definition) is 2. The van der Waals surface area contributed by atoms with Gasteiger partial charge in [0.2, 0.25) is 0 Å². The van der Waals surface area contributed by atoms with Gasteiger partial charge in [-0.05, 0) is 56.2 Å². The lowest BCUT2D eigenvalue weighted by Crippen LogP contribution is -2.43. The monoisotopic (exact) mass is 281 g/mol. The van der Waals surface area contributed by atoms with Gasteiger partial charge in [-0.25, -0.2) is 0 Å². The predicted octanol–water partition coefficient (Wildman–Crippen LogP) is 4.16. The van der Waals surface area contributed by atoms with E-state index in [2.05, 4.69) is 60.5 Å². The zero-order valence-electron chi connectivity index (χ0n) is 11.8. The van der Waals surface area contributed by atoms with Crippen LogP contribution in [0.15, 0.2) is 58.3 Å². The lowest BCUT2D eigenvalue weighted by atomic mass is 9.68. The average molecular weight is 281 g/mol. The summed E-state index contributed by atoms with van der Waals surface area (Å²) in [5, 5.41) is 0. The van der Waals surface area contributed by atoms with Crippen LogP contribution < -0.4 is 0 Å². The van der Waals surface area contributed by atoms with Gasteiger partial charge in [0.1, 0.15) is 0 Å². The molecule has 1 nitrogen and oxygen atoms in total. The topological polar surface area (TPSA) is 3.24 Å². The third kappa shape index (κ3) is 1.75. The van der Waals surface area contributed by atoms with E-state index in [0.717, 1.165) is 0 Å². The number of nitrogens with zero attached hydrogens (tertiary/aromatic N) is 1. The second kappa shape index (κ2) is 4.64. The molecule has 2 aliphatic heterocycles. The number of piperidine rings is 1. The summed E-state index contributed by atoms with van der Waals surface area (Å²) < 4.78 is 0. The SMILES string of the molecule is CN1CCC2(CC1)c1ccccc1Sc1ccccc12. The highest BCUT2D eigenvalue weighted by molar-refractivity contribution is 7.99. The first-order chi connectivity index (χ1) is 9.79. The molecule has 0 amide bonds. The molecule has 1 fully saturated rings. The molecule has 0 saturated carbocycles. The third-order valence-electron chi connectivity index (χ3n) is 4.87. The predicted molar refractivity (Wildman–Crippen MR) is 84.5 cm³/mol. The van der Waals surface area contributed by atoms with E-state index in [-0.39, 0.29) is 5.41 Å². The van der Waals surface area contributed by atoms with Gasteiger partial charge in [-0.2, -0.15) is 0 Å². The van der Waals surface area contributed by atoms with E-state index in [4.69, 9.17) is 0 Å². The molecule has 1 spiro atoms. The van der Waals surface area contributed by atoms with Gasteiger partial charge in [0.25, 0.3) is 0 Å². The summed E-state index contributed by atoms with van der Waals surface area (Å²) >= 11 is 1.94. The fraction of sp³-hybridized carbons (Fsp3) is 0.333. The molecule has 4 rings (SSSR count). The minimum atomic E-state index is 0.241. The van der Waals surface area contributed by atoms with Crippen molar-refractivity contribution in [1.82, 2.24) is 4.90 Å². The molecule has 0 bridgehead atoms. The Kier molecular flexibility index (Phi) is 2.90. The van der Waals surface area contributed by atoms with Crippen molar-refractivity contribution in [3.8, 4) is 0 Å². The highest BCUT2D eigenvalue weighted by Gasteiger charge is 2.42. The van der Waals surface area contributed by atoms with Crippen LogP contribution in [0.2, 0.25) is 0 Å². The maximum atomic E-state index is 2.46. The van der Waals surface area contributed by atoms with Crippen LogP contribution in [0, 0.1) is 0 Å². The van der Waals surface area contributed by atoms with Gasteiger partial charge in [0.05, 0.1) is 0 Å². The van der Waals surface area contributed by atoms with Crippen molar-refractivity contribution in [1.29, 1.82) is 0 Å². The zero-order chi connectivity index (χ0) is 13.6. The van der Waals surface area contributed by atoms with Crippen molar-refractivity contribution in [2.45, 2.75) is 28.0 Å². The Morgan fingerprint density at radius 2 is 1.35 bits per heavy atom. The van der Waals surface area contributed by atoms with Crippen LogP contribution in [-0.4, -0.2) is 25.0 Å². The Morgan fingerprint density at radius 1 is 0.850 bits per heavy atom. The molecule has 0 radical (unpaired) electrons. The van der Waals surface area contributed by atoms with Crippen molar-refractivity contribution in [3.05, 3.63) is 59.7 Å². The highest BCUT2D eigenvalue weighted by Crippen LogP contribution is 2.53. The van der Waals surface area contributed by atoms with Gasteiger partial charge in [0, 0.05) is 15.2 Å². The molecule has 0 unspecified atom stereocenters. The van der Waals surface area contributed by atoms with E-state index in [0.29, 0.717) is 0 Å². The van der Waals surface area contributed by atoms with Crippen LogP contribution in [-0.2, 0) is 5.41 Å². The van der Waals surface area contributed by atoms with Crippen molar-refractivity contribution < 1.29 is 0 Å². The Bertz CT molecular complexity index is 594.